The SMILES string of the molecule is CCCC(=O)N1CCN(c2ccc(Cl)cc2NC(=O)/C=C/c2ccc(-c3ccc(F)cc3)o2)CC1. The van der Waals surface area contributed by atoms with Gasteiger partial charge in [-0.15, -0.1) is 0 Å². The molecule has 35 heavy (non-hydrogen) atoms. The van der Waals surface area contributed by atoms with E-state index in [9.17, 15) is 14.0 Å². The molecule has 1 saturated heterocycles. The van der Waals surface area contributed by atoms with E-state index in [1.54, 1.807) is 42.5 Å². The molecular formula is C27H27ClFN3O3. The van der Waals surface area contributed by atoms with E-state index in [-0.39, 0.29) is 17.6 Å². The molecule has 182 valence electrons. The third-order valence-corrected chi connectivity index (χ3v) is 6.04. The van der Waals surface area contributed by atoms with E-state index >= 15 is 0 Å². The number of hydrogen-bond donors (Lipinski definition) is 1. The lowest BCUT2D eigenvalue weighted by Gasteiger charge is -2.37. The van der Waals surface area contributed by atoms with Crippen LogP contribution in [0.1, 0.15) is 25.5 Å². The first-order chi connectivity index (χ1) is 16.9. The zero-order valence-electron chi connectivity index (χ0n) is 19.5. The minimum Gasteiger partial charge on any atom is -0.457 e. The summed E-state index contributed by atoms with van der Waals surface area (Å²) in [5.41, 5.74) is 2.21. The number of nitrogens with one attached hydrogen (secondary N) is 1. The van der Waals surface area contributed by atoms with Gasteiger partial charge in [-0.1, -0.05) is 18.5 Å². The Labute approximate surface area is 209 Å². The lowest BCUT2D eigenvalue weighted by Crippen LogP contribution is -2.48. The summed E-state index contributed by atoms with van der Waals surface area (Å²) >= 11 is 6.20. The molecule has 0 saturated carbocycles. The highest BCUT2D eigenvalue weighted by molar-refractivity contribution is 6.31. The van der Waals surface area contributed by atoms with Gasteiger partial charge in [0.2, 0.25) is 11.8 Å². The maximum Gasteiger partial charge on any atom is 0.248 e. The molecule has 1 aromatic heterocycles. The summed E-state index contributed by atoms with van der Waals surface area (Å²) in [6.07, 6.45) is 4.37. The third kappa shape index (κ3) is 6.31. The lowest BCUT2D eigenvalue weighted by atomic mass is 10.2. The van der Waals surface area contributed by atoms with Gasteiger partial charge in [0.1, 0.15) is 17.3 Å². The molecule has 0 aliphatic carbocycles. The monoisotopic (exact) mass is 495 g/mol. The molecule has 0 atom stereocenters. The number of hydrogen-bond acceptors (Lipinski definition) is 4. The minimum absolute atomic E-state index is 0.183. The fraction of sp³-hybridized carbons (Fsp3) is 0.259. The van der Waals surface area contributed by atoms with Gasteiger partial charge < -0.3 is 19.5 Å². The normalized spacial score (nSPS) is 13.9. The molecule has 2 aromatic carbocycles. The van der Waals surface area contributed by atoms with Gasteiger partial charge in [0.05, 0.1) is 11.4 Å². The average Bonchev–Trinajstić information content (AvgIpc) is 3.33. The van der Waals surface area contributed by atoms with Crippen molar-refractivity contribution in [2.24, 2.45) is 0 Å². The van der Waals surface area contributed by atoms with Crippen molar-refractivity contribution in [1.82, 2.24) is 4.90 Å². The van der Waals surface area contributed by atoms with Crippen molar-refractivity contribution in [3.63, 3.8) is 0 Å². The second-order valence-corrected chi connectivity index (χ2v) is 8.75. The van der Waals surface area contributed by atoms with E-state index in [4.69, 9.17) is 16.0 Å². The predicted octanol–water partition coefficient (Wildman–Crippen LogP) is 5.84. The fourth-order valence-electron chi connectivity index (χ4n) is 4.00. The van der Waals surface area contributed by atoms with Crippen molar-refractivity contribution in [3.05, 3.63) is 77.3 Å². The topological polar surface area (TPSA) is 65.8 Å². The number of nitrogens with zero attached hydrogens (tertiary/aromatic N) is 2. The Kier molecular flexibility index (Phi) is 7.87. The Bertz CT molecular complexity index is 1210. The molecule has 1 N–H and O–H groups in total. The highest BCUT2D eigenvalue weighted by Crippen LogP contribution is 2.30. The molecular weight excluding hydrogens is 469 g/mol. The number of carbonyl (C=O) groups excluding carboxylic acids is 2. The van der Waals surface area contributed by atoms with Crippen LogP contribution in [0.4, 0.5) is 15.8 Å². The summed E-state index contributed by atoms with van der Waals surface area (Å²) < 4.78 is 18.9. The first-order valence-electron chi connectivity index (χ1n) is 11.6. The molecule has 0 unspecified atom stereocenters. The summed E-state index contributed by atoms with van der Waals surface area (Å²) in [5, 5.41) is 3.42. The van der Waals surface area contributed by atoms with Crippen LogP contribution < -0.4 is 10.2 Å². The molecule has 2 amide bonds. The van der Waals surface area contributed by atoms with Crippen LogP contribution >= 0.6 is 11.6 Å². The Morgan fingerprint density at radius 2 is 1.80 bits per heavy atom. The largest absolute Gasteiger partial charge is 0.457 e. The van der Waals surface area contributed by atoms with Gasteiger partial charge in [-0.25, -0.2) is 4.39 Å². The number of furan rings is 1. The van der Waals surface area contributed by atoms with Gasteiger partial charge in [-0.2, -0.15) is 0 Å². The van der Waals surface area contributed by atoms with Crippen molar-refractivity contribution in [1.29, 1.82) is 0 Å². The van der Waals surface area contributed by atoms with Crippen LogP contribution in [0, 0.1) is 5.82 Å². The first kappa shape index (κ1) is 24.5. The number of carbonyl (C=O) groups is 2. The molecule has 0 radical (unpaired) electrons. The maximum absolute atomic E-state index is 13.1. The van der Waals surface area contributed by atoms with E-state index in [0.29, 0.717) is 54.8 Å². The number of piperazine rings is 1. The van der Waals surface area contributed by atoms with Crippen LogP contribution in [0.25, 0.3) is 17.4 Å². The van der Waals surface area contributed by atoms with Gasteiger partial charge in [0, 0.05) is 49.3 Å². The van der Waals surface area contributed by atoms with E-state index < -0.39 is 0 Å². The summed E-state index contributed by atoms with van der Waals surface area (Å²) in [6.45, 7) is 4.64. The van der Waals surface area contributed by atoms with E-state index in [2.05, 4.69) is 10.2 Å². The molecule has 4 rings (SSSR count). The fourth-order valence-corrected chi connectivity index (χ4v) is 4.17. The molecule has 1 aliphatic rings. The molecule has 3 aromatic rings. The second kappa shape index (κ2) is 11.2. The van der Waals surface area contributed by atoms with Gasteiger partial charge in [0.25, 0.3) is 0 Å². The molecule has 2 heterocycles. The molecule has 1 fully saturated rings. The molecule has 0 bridgehead atoms. The number of benzene rings is 2. The van der Waals surface area contributed by atoms with Crippen LogP contribution in [0.15, 0.2) is 65.1 Å². The highest BCUT2D eigenvalue weighted by atomic mass is 35.5. The van der Waals surface area contributed by atoms with Gasteiger partial charge in [0.15, 0.2) is 0 Å². The number of amides is 2. The zero-order valence-corrected chi connectivity index (χ0v) is 20.2. The molecule has 6 nitrogen and oxygen atoms in total. The maximum atomic E-state index is 13.1. The molecule has 1 aliphatic heterocycles. The van der Waals surface area contributed by atoms with Crippen LogP contribution in [-0.4, -0.2) is 42.9 Å². The Morgan fingerprint density at radius 3 is 2.51 bits per heavy atom. The quantitative estimate of drug-likeness (QED) is 0.418. The van der Waals surface area contributed by atoms with Crippen LogP contribution in [0.2, 0.25) is 5.02 Å². The van der Waals surface area contributed by atoms with E-state index in [1.165, 1.54) is 18.2 Å². The third-order valence-electron chi connectivity index (χ3n) is 5.81. The Balaban J connectivity index is 1.41. The lowest BCUT2D eigenvalue weighted by molar-refractivity contribution is -0.131. The van der Waals surface area contributed by atoms with Crippen molar-refractivity contribution < 1.29 is 18.4 Å². The summed E-state index contributed by atoms with van der Waals surface area (Å²) in [5.74, 6) is 0.620. The average molecular weight is 496 g/mol. The van der Waals surface area contributed by atoms with Crippen molar-refractivity contribution in [3.8, 4) is 11.3 Å². The van der Waals surface area contributed by atoms with Crippen molar-refractivity contribution in [2.75, 3.05) is 36.4 Å². The number of rotatable bonds is 7. The van der Waals surface area contributed by atoms with Gasteiger partial charge in [-0.3, -0.25) is 9.59 Å². The second-order valence-electron chi connectivity index (χ2n) is 8.31. The first-order valence-corrected chi connectivity index (χ1v) is 12.0. The summed E-state index contributed by atoms with van der Waals surface area (Å²) in [4.78, 5) is 28.9. The highest BCUT2D eigenvalue weighted by Gasteiger charge is 2.22. The van der Waals surface area contributed by atoms with Crippen molar-refractivity contribution in [2.45, 2.75) is 19.8 Å². The summed E-state index contributed by atoms with van der Waals surface area (Å²) in [7, 11) is 0. The molecule has 8 heteroatoms. The summed E-state index contributed by atoms with van der Waals surface area (Å²) in [6, 6.07) is 14.9. The predicted molar refractivity (Wildman–Crippen MR) is 137 cm³/mol. The number of anilines is 2. The van der Waals surface area contributed by atoms with E-state index in [1.807, 2.05) is 17.9 Å². The van der Waals surface area contributed by atoms with Crippen LogP contribution in [0.3, 0.4) is 0 Å². The van der Waals surface area contributed by atoms with E-state index in [0.717, 1.165) is 17.7 Å². The Hall–Kier alpha value is -3.58. The van der Waals surface area contributed by atoms with Crippen LogP contribution in [0.5, 0.6) is 0 Å². The Morgan fingerprint density at radius 1 is 1.06 bits per heavy atom. The number of halogens is 2. The zero-order chi connectivity index (χ0) is 24.8. The van der Waals surface area contributed by atoms with Crippen molar-refractivity contribution >= 4 is 40.9 Å². The van der Waals surface area contributed by atoms with Crippen LogP contribution in [-0.2, 0) is 9.59 Å². The van der Waals surface area contributed by atoms with Gasteiger partial charge in [-0.05, 0) is 67.1 Å². The van der Waals surface area contributed by atoms with Gasteiger partial charge >= 0.3 is 0 Å². The smallest absolute Gasteiger partial charge is 0.248 e. The minimum atomic E-state index is -0.329. The molecule has 0 spiro atoms. The standard InChI is InChI=1S/C27H27ClFN3O3/c1-2-3-27(34)32-16-14-31(15-17-32)24-11-6-20(28)18-23(24)30-26(33)13-10-22-9-12-25(35-22)19-4-7-21(29)8-5-19/h4-13,18H,2-3,14-17H2,1H3,(H,30,33)/b13-10+.